The number of urea groups is 1. The molecule has 0 bridgehead atoms. The molecule has 7 heteroatoms. The molecule has 0 aromatic carbocycles. The van der Waals surface area contributed by atoms with E-state index in [0.717, 1.165) is 4.88 Å². The summed E-state index contributed by atoms with van der Waals surface area (Å²) in [4.78, 5) is 24.5. The zero-order valence-electron chi connectivity index (χ0n) is 10.00. The molecule has 0 unspecified atom stereocenters. The van der Waals surface area contributed by atoms with Gasteiger partial charge in [0.2, 0.25) is 0 Å². The van der Waals surface area contributed by atoms with Gasteiger partial charge in [-0.05, 0) is 11.4 Å². The average Bonchev–Trinajstić information content (AvgIpc) is 2.81. The number of amides is 2. The van der Waals surface area contributed by atoms with E-state index in [2.05, 4.69) is 5.32 Å². The van der Waals surface area contributed by atoms with Crippen LogP contribution in [0.2, 0.25) is 0 Å². The van der Waals surface area contributed by atoms with Crippen molar-refractivity contribution in [1.82, 2.24) is 10.2 Å². The van der Waals surface area contributed by atoms with Gasteiger partial charge < -0.3 is 20.4 Å². The Morgan fingerprint density at radius 1 is 1.56 bits per heavy atom. The van der Waals surface area contributed by atoms with Gasteiger partial charge in [0.25, 0.3) is 0 Å². The van der Waals surface area contributed by atoms with Crippen LogP contribution in [0.1, 0.15) is 11.3 Å². The summed E-state index contributed by atoms with van der Waals surface area (Å²) < 4.78 is 0. The van der Waals surface area contributed by atoms with E-state index in [1.807, 2.05) is 17.5 Å². The molecule has 3 N–H and O–H groups in total. The summed E-state index contributed by atoms with van der Waals surface area (Å²) in [6.45, 7) is 0.631. The number of hydrogen-bond acceptors (Lipinski definition) is 4. The summed E-state index contributed by atoms with van der Waals surface area (Å²) in [5.41, 5.74) is 0. The summed E-state index contributed by atoms with van der Waals surface area (Å²) in [6.07, 6.45) is -1.44. The van der Waals surface area contributed by atoms with Crippen LogP contribution in [0.25, 0.3) is 0 Å². The Hall–Kier alpha value is -1.60. The fourth-order valence-electron chi connectivity index (χ4n) is 1.28. The summed E-state index contributed by atoms with van der Waals surface area (Å²) in [5, 5.41) is 22.0. The standard InChI is InChI=1S/C11H16N2O4S/c1-13(7-8-3-2-6-18-8)11(17)12-5-4-9(14)10(15)16/h2-3,6,9,14H,4-5,7H2,1H3,(H,12,17)(H,15,16)/t9-/m0/s1. The highest BCUT2D eigenvalue weighted by atomic mass is 32.1. The van der Waals surface area contributed by atoms with Crippen LogP contribution in [-0.4, -0.2) is 46.8 Å². The number of carbonyl (C=O) groups excluding carboxylic acids is 1. The van der Waals surface area contributed by atoms with Crippen LogP contribution in [0, 0.1) is 0 Å². The predicted octanol–water partition coefficient (Wildman–Crippen LogP) is 0.725. The lowest BCUT2D eigenvalue weighted by atomic mass is 10.2. The third kappa shape index (κ3) is 4.72. The van der Waals surface area contributed by atoms with Gasteiger partial charge in [0.15, 0.2) is 6.10 Å². The molecule has 1 aromatic heterocycles. The van der Waals surface area contributed by atoms with Gasteiger partial charge in [-0.2, -0.15) is 0 Å². The van der Waals surface area contributed by atoms with E-state index in [-0.39, 0.29) is 19.0 Å². The highest BCUT2D eigenvalue weighted by Gasteiger charge is 2.14. The number of nitrogens with one attached hydrogen (secondary N) is 1. The molecular weight excluding hydrogens is 256 g/mol. The lowest BCUT2D eigenvalue weighted by Gasteiger charge is -2.17. The molecule has 0 aliphatic rings. The number of rotatable bonds is 6. The first kappa shape index (κ1) is 14.5. The number of aliphatic hydroxyl groups is 1. The zero-order valence-corrected chi connectivity index (χ0v) is 10.8. The molecule has 0 saturated carbocycles. The number of aliphatic hydroxyl groups excluding tert-OH is 1. The molecule has 2 amide bonds. The third-order valence-electron chi connectivity index (χ3n) is 2.30. The summed E-state index contributed by atoms with van der Waals surface area (Å²) >= 11 is 1.56. The number of aliphatic carboxylic acids is 1. The Kier molecular flexibility index (Phi) is 5.60. The molecule has 0 fully saturated rings. The number of carbonyl (C=O) groups is 2. The van der Waals surface area contributed by atoms with Crippen molar-refractivity contribution in [2.75, 3.05) is 13.6 Å². The van der Waals surface area contributed by atoms with Gasteiger partial charge in [-0.1, -0.05) is 6.07 Å². The summed E-state index contributed by atoms with van der Waals surface area (Å²) in [5.74, 6) is -1.28. The van der Waals surface area contributed by atoms with Crippen molar-refractivity contribution in [2.24, 2.45) is 0 Å². The second kappa shape index (κ2) is 6.97. The molecule has 6 nitrogen and oxygen atoms in total. The van der Waals surface area contributed by atoms with E-state index in [4.69, 9.17) is 10.2 Å². The van der Waals surface area contributed by atoms with E-state index in [1.165, 1.54) is 4.90 Å². The highest BCUT2D eigenvalue weighted by Crippen LogP contribution is 2.10. The van der Waals surface area contributed by atoms with E-state index < -0.39 is 12.1 Å². The predicted molar refractivity (Wildman–Crippen MR) is 67.4 cm³/mol. The maximum absolute atomic E-state index is 11.6. The number of carboxylic acids is 1. The second-order valence-corrected chi connectivity index (χ2v) is 4.84. The molecule has 18 heavy (non-hydrogen) atoms. The van der Waals surface area contributed by atoms with Crippen LogP contribution in [0.15, 0.2) is 17.5 Å². The molecule has 1 atom stereocenters. The van der Waals surface area contributed by atoms with Crippen LogP contribution < -0.4 is 5.32 Å². The normalized spacial score (nSPS) is 11.9. The van der Waals surface area contributed by atoms with Gasteiger partial charge in [-0.15, -0.1) is 11.3 Å². The van der Waals surface area contributed by atoms with Crippen molar-refractivity contribution < 1.29 is 19.8 Å². The minimum Gasteiger partial charge on any atom is -0.479 e. The molecular formula is C11H16N2O4S. The van der Waals surface area contributed by atoms with Crippen molar-refractivity contribution in [1.29, 1.82) is 0 Å². The zero-order chi connectivity index (χ0) is 13.5. The molecule has 0 aliphatic carbocycles. The summed E-state index contributed by atoms with van der Waals surface area (Å²) in [7, 11) is 1.66. The van der Waals surface area contributed by atoms with Crippen LogP contribution in [-0.2, 0) is 11.3 Å². The molecule has 0 spiro atoms. The van der Waals surface area contributed by atoms with Crippen molar-refractivity contribution in [3.8, 4) is 0 Å². The number of carboxylic acid groups (broad SMARTS) is 1. The SMILES string of the molecule is CN(Cc1cccs1)C(=O)NCC[C@H](O)C(=O)O. The van der Waals surface area contributed by atoms with Gasteiger partial charge in [-0.3, -0.25) is 0 Å². The van der Waals surface area contributed by atoms with E-state index >= 15 is 0 Å². The summed E-state index contributed by atoms with van der Waals surface area (Å²) in [6, 6.07) is 3.55. The quantitative estimate of drug-likeness (QED) is 0.712. The maximum Gasteiger partial charge on any atom is 0.332 e. The maximum atomic E-state index is 11.6. The highest BCUT2D eigenvalue weighted by molar-refractivity contribution is 7.09. The Bertz CT molecular complexity index is 394. The fourth-order valence-corrected chi connectivity index (χ4v) is 2.04. The van der Waals surface area contributed by atoms with E-state index in [0.29, 0.717) is 6.54 Å². The van der Waals surface area contributed by atoms with Crippen LogP contribution in [0.3, 0.4) is 0 Å². The molecule has 0 radical (unpaired) electrons. The number of thiophene rings is 1. The van der Waals surface area contributed by atoms with Crippen LogP contribution in [0.5, 0.6) is 0 Å². The molecule has 0 saturated heterocycles. The lowest BCUT2D eigenvalue weighted by molar-refractivity contribution is -0.146. The second-order valence-electron chi connectivity index (χ2n) is 3.81. The molecule has 100 valence electrons. The first-order valence-electron chi connectivity index (χ1n) is 5.43. The molecule has 1 aromatic rings. The topological polar surface area (TPSA) is 89.9 Å². The van der Waals surface area contributed by atoms with Crippen LogP contribution >= 0.6 is 11.3 Å². The van der Waals surface area contributed by atoms with Gasteiger partial charge in [-0.25, -0.2) is 9.59 Å². The fraction of sp³-hybridized carbons (Fsp3) is 0.455. The van der Waals surface area contributed by atoms with E-state index in [1.54, 1.807) is 18.4 Å². The lowest BCUT2D eigenvalue weighted by Crippen LogP contribution is -2.38. The van der Waals surface area contributed by atoms with Gasteiger partial charge in [0.05, 0.1) is 6.54 Å². The van der Waals surface area contributed by atoms with Gasteiger partial charge in [0, 0.05) is 24.9 Å². The molecule has 0 aliphatic heterocycles. The Labute approximate surface area is 109 Å². The first-order valence-corrected chi connectivity index (χ1v) is 6.31. The largest absolute Gasteiger partial charge is 0.479 e. The number of nitrogens with zero attached hydrogens (tertiary/aromatic N) is 1. The first-order chi connectivity index (χ1) is 8.50. The smallest absolute Gasteiger partial charge is 0.332 e. The van der Waals surface area contributed by atoms with Gasteiger partial charge in [0.1, 0.15) is 0 Å². The average molecular weight is 272 g/mol. The van der Waals surface area contributed by atoms with Gasteiger partial charge >= 0.3 is 12.0 Å². The van der Waals surface area contributed by atoms with Crippen molar-refractivity contribution in [3.05, 3.63) is 22.4 Å². The Balaban J connectivity index is 2.26. The Morgan fingerprint density at radius 3 is 2.83 bits per heavy atom. The van der Waals surface area contributed by atoms with Crippen molar-refractivity contribution >= 4 is 23.3 Å². The number of hydrogen-bond donors (Lipinski definition) is 3. The van der Waals surface area contributed by atoms with Crippen molar-refractivity contribution in [2.45, 2.75) is 19.1 Å². The molecule has 1 rings (SSSR count). The van der Waals surface area contributed by atoms with Crippen molar-refractivity contribution in [3.63, 3.8) is 0 Å². The monoisotopic (exact) mass is 272 g/mol. The van der Waals surface area contributed by atoms with Crippen LogP contribution in [0.4, 0.5) is 4.79 Å². The minimum atomic E-state index is -1.44. The minimum absolute atomic E-state index is 0.00604. The Morgan fingerprint density at radius 2 is 2.28 bits per heavy atom. The third-order valence-corrected chi connectivity index (χ3v) is 3.16. The molecule has 1 heterocycles. The van der Waals surface area contributed by atoms with E-state index in [9.17, 15) is 9.59 Å².